The summed E-state index contributed by atoms with van der Waals surface area (Å²) in [5.41, 5.74) is -0.682. The van der Waals surface area contributed by atoms with Crippen LogP contribution in [0.4, 0.5) is 0 Å². The summed E-state index contributed by atoms with van der Waals surface area (Å²) >= 11 is 0. The third-order valence-electron chi connectivity index (χ3n) is 3.77. The van der Waals surface area contributed by atoms with Gasteiger partial charge in [0.15, 0.2) is 0 Å². The molecule has 0 bridgehead atoms. The van der Waals surface area contributed by atoms with Crippen LogP contribution in [0.5, 0.6) is 0 Å². The molecule has 0 aromatic heterocycles. The maximum absolute atomic E-state index is 12.2. The fourth-order valence-corrected chi connectivity index (χ4v) is 2.07. The Morgan fingerprint density at radius 2 is 1.89 bits per heavy atom. The molecule has 19 heavy (non-hydrogen) atoms. The Balaban J connectivity index is 2.81. The molecule has 5 heteroatoms. The smallest absolute Gasteiger partial charge is 0.328 e. The SMILES string of the molecule is CCOC(=O)[C@@H]1CCCN1C(=O)C(=O)C(C)(C)CC. The van der Waals surface area contributed by atoms with Crippen LogP contribution in [0.25, 0.3) is 0 Å². The molecule has 5 nitrogen and oxygen atoms in total. The molecule has 0 saturated carbocycles. The molecule has 1 rings (SSSR count). The summed E-state index contributed by atoms with van der Waals surface area (Å²) in [6, 6.07) is -0.593. The van der Waals surface area contributed by atoms with Crippen LogP contribution in [0.1, 0.15) is 47.0 Å². The highest BCUT2D eigenvalue weighted by Gasteiger charge is 2.41. The Morgan fingerprint density at radius 1 is 1.26 bits per heavy atom. The molecule has 0 spiro atoms. The van der Waals surface area contributed by atoms with Crippen molar-refractivity contribution in [3.8, 4) is 0 Å². The predicted octanol–water partition coefficient (Wildman–Crippen LogP) is 1.55. The second-order valence-electron chi connectivity index (χ2n) is 5.48. The molecule has 0 unspecified atom stereocenters. The van der Waals surface area contributed by atoms with Crippen molar-refractivity contribution in [1.82, 2.24) is 4.90 Å². The van der Waals surface area contributed by atoms with E-state index < -0.39 is 29.1 Å². The van der Waals surface area contributed by atoms with E-state index in [0.717, 1.165) is 6.42 Å². The number of carbonyl (C=O) groups excluding carboxylic acids is 3. The van der Waals surface area contributed by atoms with Crippen LogP contribution in [-0.2, 0) is 19.1 Å². The molecule has 0 N–H and O–H groups in total. The van der Waals surface area contributed by atoms with Gasteiger partial charge in [-0.3, -0.25) is 9.59 Å². The second kappa shape index (κ2) is 6.17. The van der Waals surface area contributed by atoms with Crippen molar-refractivity contribution < 1.29 is 19.1 Å². The highest BCUT2D eigenvalue weighted by molar-refractivity contribution is 6.38. The van der Waals surface area contributed by atoms with E-state index in [1.54, 1.807) is 20.8 Å². The molecule has 0 radical (unpaired) electrons. The molecular weight excluding hydrogens is 246 g/mol. The van der Waals surface area contributed by atoms with Gasteiger partial charge in [0.2, 0.25) is 5.78 Å². The van der Waals surface area contributed by atoms with Gasteiger partial charge in [-0.05, 0) is 26.2 Å². The maximum atomic E-state index is 12.2. The fourth-order valence-electron chi connectivity index (χ4n) is 2.07. The van der Waals surface area contributed by atoms with E-state index in [1.165, 1.54) is 4.90 Å². The zero-order valence-electron chi connectivity index (χ0n) is 12.2. The normalized spacial score (nSPS) is 19.4. The average molecular weight is 269 g/mol. The molecule has 1 heterocycles. The molecule has 0 aromatic carbocycles. The molecule has 1 aliphatic rings. The van der Waals surface area contributed by atoms with Gasteiger partial charge in [0, 0.05) is 12.0 Å². The summed E-state index contributed by atoms with van der Waals surface area (Å²) in [5, 5.41) is 0. The quantitative estimate of drug-likeness (QED) is 0.561. The van der Waals surface area contributed by atoms with E-state index >= 15 is 0 Å². The van der Waals surface area contributed by atoms with Gasteiger partial charge < -0.3 is 9.64 Å². The van der Waals surface area contributed by atoms with E-state index in [4.69, 9.17) is 4.74 Å². The number of likely N-dealkylation sites (tertiary alicyclic amines) is 1. The van der Waals surface area contributed by atoms with Gasteiger partial charge in [-0.2, -0.15) is 0 Å². The Labute approximate surface area is 114 Å². The van der Waals surface area contributed by atoms with Crippen LogP contribution in [0.3, 0.4) is 0 Å². The van der Waals surface area contributed by atoms with Gasteiger partial charge in [-0.1, -0.05) is 20.8 Å². The zero-order chi connectivity index (χ0) is 14.6. The van der Waals surface area contributed by atoms with Crippen LogP contribution < -0.4 is 0 Å². The highest BCUT2D eigenvalue weighted by Crippen LogP contribution is 2.25. The topological polar surface area (TPSA) is 63.7 Å². The number of carbonyl (C=O) groups is 3. The number of ketones is 1. The summed E-state index contributed by atoms with van der Waals surface area (Å²) < 4.78 is 4.95. The molecular formula is C14H23NO4. The Kier molecular flexibility index (Phi) is 5.09. The summed E-state index contributed by atoms with van der Waals surface area (Å²) in [4.78, 5) is 37.6. The Hall–Kier alpha value is -1.39. The first-order valence-electron chi connectivity index (χ1n) is 6.87. The number of esters is 1. The van der Waals surface area contributed by atoms with Crippen molar-refractivity contribution >= 4 is 17.7 Å². The lowest BCUT2D eigenvalue weighted by Gasteiger charge is -2.27. The molecule has 108 valence electrons. The maximum Gasteiger partial charge on any atom is 0.328 e. The van der Waals surface area contributed by atoms with Crippen LogP contribution in [-0.4, -0.2) is 41.8 Å². The van der Waals surface area contributed by atoms with Crippen molar-refractivity contribution in [3.63, 3.8) is 0 Å². The lowest BCUT2D eigenvalue weighted by molar-refractivity contribution is -0.157. The third kappa shape index (κ3) is 3.33. The van der Waals surface area contributed by atoms with Gasteiger partial charge in [0.1, 0.15) is 6.04 Å². The summed E-state index contributed by atoms with van der Waals surface area (Å²) in [6.07, 6.45) is 1.90. The first-order valence-corrected chi connectivity index (χ1v) is 6.87. The standard InChI is InChI=1S/C14H23NO4/c1-5-14(3,4)11(16)12(17)15-9-7-8-10(15)13(18)19-6-2/h10H,5-9H2,1-4H3/t10-/m0/s1. The van der Waals surface area contributed by atoms with Crippen molar-refractivity contribution in [2.45, 2.75) is 53.0 Å². The lowest BCUT2D eigenvalue weighted by Crippen LogP contribution is -2.47. The van der Waals surface area contributed by atoms with E-state index in [1.807, 2.05) is 6.92 Å². The van der Waals surface area contributed by atoms with Gasteiger partial charge in [0.25, 0.3) is 5.91 Å². The summed E-state index contributed by atoms with van der Waals surface area (Å²) in [5.74, 6) is -1.39. The number of nitrogens with zero attached hydrogens (tertiary/aromatic N) is 1. The van der Waals surface area contributed by atoms with Crippen molar-refractivity contribution in [1.29, 1.82) is 0 Å². The molecule has 0 aromatic rings. The fraction of sp³-hybridized carbons (Fsp3) is 0.786. The molecule has 1 saturated heterocycles. The van der Waals surface area contributed by atoms with Crippen molar-refractivity contribution in [3.05, 3.63) is 0 Å². The first-order chi connectivity index (χ1) is 8.85. The first kappa shape index (κ1) is 15.7. The van der Waals surface area contributed by atoms with Gasteiger partial charge in [-0.15, -0.1) is 0 Å². The minimum atomic E-state index is -0.682. The number of hydrogen-bond donors (Lipinski definition) is 0. The number of Topliss-reactive ketones (excluding diaryl/α,β-unsaturated/α-hetero) is 1. The van der Waals surface area contributed by atoms with E-state index in [-0.39, 0.29) is 6.61 Å². The lowest BCUT2D eigenvalue weighted by atomic mass is 9.84. The molecule has 1 aliphatic heterocycles. The third-order valence-corrected chi connectivity index (χ3v) is 3.77. The largest absolute Gasteiger partial charge is 0.464 e. The van der Waals surface area contributed by atoms with Gasteiger partial charge >= 0.3 is 5.97 Å². The minimum absolute atomic E-state index is 0.283. The summed E-state index contributed by atoms with van der Waals surface area (Å²) in [6.45, 7) is 7.84. The highest BCUT2D eigenvalue weighted by atomic mass is 16.5. The molecule has 1 amide bonds. The van der Waals surface area contributed by atoms with E-state index in [0.29, 0.717) is 19.4 Å². The number of ether oxygens (including phenoxy) is 1. The number of amides is 1. The van der Waals surface area contributed by atoms with Crippen LogP contribution in [0.15, 0.2) is 0 Å². The molecule has 1 fully saturated rings. The predicted molar refractivity (Wildman–Crippen MR) is 70.4 cm³/mol. The Bertz CT molecular complexity index is 376. The van der Waals surface area contributed by atoms with Gasteiger partial charge in [0.05, 0.1) is 6.61 Å². The van der Waals surface area contributed by atoms with Crippen molar-refractivity contribution in [2.75, 3.05) is 13.2 Å². The molecule has 1 atom stereocenters. The van der Waals surface area contributed by atoms with Gasteiger partial charge in [-0.25, -0.2) is 4.79 Å². The van der Waals surface area contributed by atoms with Crippen LogP contribution in [0.2, 0.25) is 0 Å². The number of rotatable bonds is 5. The average Bonchev–Trinajstić information content (AvgIpc) is 2.86. The monoisotopic (exact) mass is 269 g/mol. The van der Waals surface area contributed by atoms with Crippen LogP contribution in [0, 0.1) is 5.41 Å². The molecule has 0 aliphatic carbocycles. The van der Waals surface area contributed by atoms with E-state index in [2.05, 4.69) is 0 Å². The summed E-state index contributed by atoms with van der Waals surface area (Å²) in [7, 11) is 0. The van der Waals surface area contributed by atoms with Crippen molar-refractivity contribution in [2.24, 2.45) is 5.41 Å². The van der Waals surface area contributed by atoms with E-state index in [9.17, 15) is 14.4 Å². The second-order valence-corrected chi connectivity index (χ2v) is 5.48. The van der Waals surface area contributed by atoms with Crippen LogP contribution >= 0.6 is 0 Å². The Morgan fingerprint density at radius 3 is 2.42 bits per heavy atom. The minimum Gasteiger partial charge on any atom is -0.464 e. The number of hydrogen-bond acceptors (Lipinski definition) is 4. The zero-order valence-corrected chi connectivity index (χ0v) is 12.2.